The third-order valence-corrected chi connectivity index (χ3v) is 5.65. The van der Waals surface area contributed by atoms with Crippen molar-refractivity contribution < 1.29 is 14.3 Å². The van der Waals surface area contributed by atoms with Gasteiger partial charge in [0.25, 0.3) is 0 Å². The van der Waals surface area contributed by atoms with Gasteiger partial charge in [0.05, 0.1) is 18.1 Å². The van der Waals surface area contributed by atoms with Crippen molar-refractivity contribution in [1.82, 2.24) is 0 Å². The van der Waals surface area contributed by atoms with Gasteiger partial charge in [-0.1, -0.05) is 20.8 Å². The molecule has 0 N–H and O–H groups in total. The van der Waals surface area contributed by atoms with Crippen molar-refractivity contribution >= 4 is 17.5 Å². The van der Waals surface area contributed by atoms with E-state index in [1.54, 1.807) is 0 Å². The fourth-order valence-corrected chi connectivity index (χ4v) is 4.33. The Kier molecular flexibility index (Phi) is 3.77. The highest BCUT2D eigenvalue weighted by Gasteiger charge is 2.57. The molecule has 1 aliphatic heterocycles. The highest BCUT2D eigenvalue weighted by molar-refractivity contribution is 6.11. The fraction of sp³-hybridized carbons (Fsp3) is 0.737. The number of ketones is 1. The maximum Gasteiger partial charge on any atom is 0.336 e. The van der Waals surface area contributed by atoms with E-state index in [0.717, 1.165) is 30.7 Å². The summed E-state index contributed by atoms with van der Waals surface area (Å²) in [5.74, 6) is -0.327. The van der Waals surface area contributed by atoms with E-state index in [4.69, 9.17) is 9.73 Å². The molecule has 2 saturated carbocycles. The third-order valence-electron chi connectivity index (χ3n) is 5.65. The van der Waals surface area contributed by atoms with Crippen molar-refractivity contribution in [2.45, 2.75) is 60.3 Å². The first-order chi connectivity index (χ1) is 10.7. The minimum absolute atomic E-state index is 0.0341. The summed E-state index contributed by atoms with van der Waals surface area (Å²) in [6.45, 7) is 10.5. The number of carbonyl (C=O) groups is 2. The summed E-state index contributed by atoms with van der Waals surface area (Å²) in [5, 5.41) is 0. The number of hydrogen-bond donors (Lipinski definition) is 0. The highest BCUT2D eigenvalue weighted by atomic mass is 16.5. The van der Waals surface area contributed by atoms with Crippen LogP contribution in [0.3, 0.4) is 0 Å². The lowest BCUT2D eigenvalue weighted by Gasteiger charge is -2.43. The van der Waals surface area contributed by atoms with Crippen molar-refractivity contribution in [3.8, 4) is 0 Å². The molecule has 126 valence electrons. The Morgan fingerprint density at radius 3 is 2.48 bits per heavy atom. The van der Waals surface area contributed by atoms with Crippen molar-refractivity contribution in [3.63, 3.8) is 0 Å². The van der Waals surface area contributed by atoms with Gasteiger partial charge in [0, 0.05) is 23.7 Å². The zero-order valence-corrected chi connectivity index (χ0v) is 14.9. The largest absolute Gasteiger partial charge is 0.463 e. The third kappa shape index (κ3) is 2.77. The second-order valence-corrected chi connectivity index (χ2v) is 8.42. The Morgan fingerprint density at radius 1 is 1.26 bits per heavy atom. The summed E-state index contributed by atoms with van der Waals surface area (Å²) in [5.41, 5.74) is 2.37. The summed E-state index contributed by atoms with van der Waals surface area (Å²) < 4.78 is 5.28. The van der Waals surface area contributed by atoms with Gasteiger partial charge < -0.3 is 4.74 Å². The van der Waals surface area contributed by atoms with E-state index < -0.39 is 0 Å². The van der Waals surface area contributed by atoms with E-state index in [2.05, 4.69) is 20.8 Å². The second kappa shape index (κ2) is 5.29. The zero-order chi connectivity index (χ0) is 17.0. The van der Waals surface area contributed by atoms with E-state index in [0.29, 0.717) is 18.6 Å². The number of rotatable bonds is 3. The SMILES string of the molecule is CCOC(=O)C1=C(C)N=C2CC(C)(C)CC(=O)C2C1C1(C)CC1. The molecule has 23 heavy (non-hydrogen) atoms. The Labute approximate surface area is 138 Å². The molecule has 2 aliphatic carbocycles. The van der Waals surface area contributed by atoms with Gasteiger partial charge in [-0.25, -0.2) is 4.79 Å². The van der Waals surface area contributed by atoms with E-state index in [9.17, 15) is 9.59 Å². The number of hydrogen-bond acceptors (Lipinski definition) is 4. The summed E-state index contributed by atoms with van der Waals surface area (Å²) in [6, 6.07) is 0. The monoisotopic (exact) mass is 317 g/mol. The molecule has 0 aromatic heterocycles. The van der Waals surface area contributed by atoms with E-state index >= 15 is 0 Å². The number of fused-ring (bicyclic) bond motifs is 1. The predicted molar refractivity (Wildman–Crippen MR) is 89.1 cm³/mol. The van der Waals surface area contributed by atoms with Crippen LogP contribution in [0.15, 0.2) is 16.3 Å². The van der Waals surface area contributed by atoms with Crippen molar-refractivity contribution in [3.05, 3.63) is 11.3 Å². The standard InChI is InChI=1S/C19H27NO3/c1-6-23-17(22)14-11(2)20-12-9-18(3,4)10-13(21)15(12)16(14)19(5)7-8-19/h15-16H,6-10H2,1-5H3. The van der Waals surface area contributed by atoms with Crippen LogP contribution in [0.2, 0.25) is 0 Å². The Bertz CT molecular complexity index is 623. The molecule has 3 rings (SSSR count). The van der Waals surface area contributed by atoms with Gasteiger partial charge in [0.15, 0.2) is 0 Å². The molecule has 0 spiro atoms. The number of ether oxygens (including phenoxy) is 1. The van der Waals surface area contributed by atoms with Gasteiger partial charge in [0.2, 0.25) is 0 Å². The van der Waals surface area contributed by atoms with E-state index in [1.165, 1.54) is 0 Å². The van der Waals surface area contributed by atoms with Crippen LogP contribution in [0.1, 0.15) is 60.3 Å². The molecule has 0 amide bonds. The fourth-order valence-electron chi connectivity index (χ4n) is 4.33. The lowest BCUT2D eigenvalue weighted by molar-refractivity contribution is -0.140. The van der Waals surface area contributed by atoms with Crippen LogP contribution in [-0.4, -0.2) is 24.1 Å². The zero-order valence-electron chi connectivity index (χ0n) is 14.9. The maximum absolute atomic E-state index is 12.9. The van der Waals surface area contributed by atoms with Gasteiger partial charge in [-0.05, 0) is 43.9 Å². The number of carbonyl (C=O) groups excluding carboxylic acids is 2. The first-order valence-electron chi connectivity index (χ1n) is 8.66. The molecule has 2 fully saturated rings. The molecule has 0 aromatic rings. The van der Waals surface area contributed by atoms with Crippen LogP contribution in [0.25, 0.3) is 0 Å². The van der Waals surface area contributed by atoms with Crippen LogP contribution in [0.4, 0.5) is 0 Å². The Balaban J connectivity index is 2.09. The van der Waals surface area contributed by atoms with Crippen LogP contribution in [0, 0.1) is 22.7 Å². The smallest absolute Gasteiger partial charge is 0.336 e. The molecule has 0 aromatic carbocycles. The van der Waals surface area contributed by atoms with Crippen molar-refractivity contribution in [2.24, 2.45) is 27.7 Å². The van der Waals surface area contributed by atoms with Crippen LogP contribution in [-0.2, 0) is 14.3 Å². The average Bonchev–Trinajstić information content (AvgIpc) is 3.14. The summed E-state index contributed by atoms with van der Waals surface area (Å²) in [7, 11) is 0. The van der Waals surface area contributed by atoms with Gasteiger partial charge in [-0.2, -0.15) is 0 Å². The molecule has 2 unspecified atom stereocenters. The Morgan fingerprint density at radius 2 is 1.91 bits per heavy atom. The van der Waals surface area contributed by atoms with Gasteiger partial charge in [-0.15, -0.1) is 0 Å². The summed E-state index contributed by atoms with van der Waals surface area (Å²) in [4.78, 5) is 30.1. The van der Waals surface area contributed by atoms with Crippen molar-refractivity contribution in [2.75, 3.05) is 6.61 Å². The number of allylic oxidation sites excluding steroid dienone is 1. The van der Waals surface area contributed by atoms with E-state index in [-0.39, 0.29) is 34.4 Å². The number of aliphatic imine (C=N–C) groups is 1. The first kappa shape index (κ1) is 16.4. The Hall–Kier alpha value is -1.45. The molecule has 4 heteroatoms. The number of nitrogens with zero attached hydrogens (tertiary/aromatic N) is 1. The first-order valence-corrected chi connectivity index (χ1v) is 8.66. The topological polar surface area (TPSA) is 55.7 Å². The van der Waals surface area contributed by atoms with E-state index in [1.807, 2.05) is 13.8 Å². The van der Waals surface area contributed by atoms with Gasteiger partial charge in [-0.3, -0.25) is 9.79 Å². The lowest BCUT2D eigenvalue weighted by Crippen LogP contribution is -2.47. The molecular formula is C19H27NO3. The summed E-state index contributed by atoms with van der Waals surface area (Å²) >= 11 is 0. The van der Waals surface area contributed by atoms with Crippen LogP contribution < -0.4 is 0 Å². The molecule has 1 heterocycles. The molecule has 0 bridgehead atoms. The van der Waals surface area contributed by atoms with Gasteiger partial charge >= 0.3 is 5.97 Å². The molecule has 3 aliphatic rings. The minimum atomic E-state index is -0.288. The normalized spacial score (nSPS) is 31.3. The van der Waals surface area contributed by atoms with Gasteiger partial charge in [0.1, 0.15) is 5.78 Å². The second-order valence-electron chi connectivity index (χ2n) is 8.42. The maximum atomic E-state index is 12.9. The average molecular weight is 317 g/mol. The van der Waals surface area contributed by atoms with Crippen LogP contribution in [0.5, 0.6) is 0 Å². The minimum Gasteiger partial charge on any atom is -0.463 e. The van der Waals surface area contributed by atoms with Crippen LogP contribution >= 0.6 is 0 Å². The number of esters is 1. The lowest BCUT2D eigenvalue weighted by atomic mass is 9.61. The summed E-state index contributed by atoms with van der Waals surface area (Å²) in [6.07, 6.45) is 3.53. The molecule has 0 radical (unpaired) electrons. The molecular weight excluding hydrogens is 290 g/mol. The number of Topliss-reactive ketones (excluding diaryl/α,β-unsaturated/α-hetero) is 1. The highest BCUT2D eigenvalue weighted by Crippen LogP contribution is 2.60. The predicted octanol–water partition coefficient (Wildman–Crippen LogP) is 3.70. The van der Waals surface area contributed by atoms with Crippen molar-refractivity contribution in [1.29, 1.82) is 0 Å². The molecule has 0 saturated heterocycles. The molecule has 4 nitrogen and oxygen atoms in total. The molecule has 2 atom stereocenters. The quantitative estimate of drug-likeness (QED) is 0.746.